The molecule has 0 amide bonds. The van der Waals surface area contributed by atoms with Gasteiger partial charge >= 0.3 is 0 Å². The van der Waals surface area contributed by atoms with Crippen LogP contribution in [0.3, 0.4) is 0 Å². The van der Waals surface area contributed by atoms with Gasteiger partial charge in [-0.3, -0.25) is 0 Å². The van der Waals surface area contributed by atoms with E-state index in [4.69, 9.17) is 4.74 Å². The fraction of sp³-hybridized carbons (Fsp3) is 0.538. The van der Waals surface area contributed by atoms with Crippen LogP contribution >= 0.6 is 15.9 Å². The number of hydrogen-bond acceptors (Lipinski definition) is 2. The zero-order valence-electron chi connectivity index (χ0n) is 9.58. The van der Waals surface area contributed by atoms with E-state index in [1.54, 1.807) is 0 Å². The molecule has 2 rings (SSSR count). The Morgan fingerprint density at radius 2 is 2.12 bits per heavy atom. The highest BCUT2D eigenvalue weighted by molar-refractivity contribution is 9.10. The molecule has 0 spiro atoms. The fourth-order valence-corrected chi connectivity index (χ4v) is 2.60. The van der Waals surface area contributed by atoms with E-state index in [1.807, 2.05) is 7.05 Å². The van der Waals surface area contributed by atoms with E-state index < -0.39 is 0 Å². The lowest BCUT2D eigenvalue weighted by molar-refractivity contribution is -0.0272. The van der Waals surface area contributed by atoms with Gasteiger partial charge in [0.1, 0.15) is 0 Å². The molecule has 2 unspecified atom stereocenters. The molecule has 1 fully saturated rings. The summed E-state index contributed by atoms with van der Waals surface area (Å²) in [6, 6.07) is 8.49. The Morgan fingerprint density at radius 1 is 1.38 bits per heavy atom. The molecular formula is C13H18BrNO. The predicted molar refractivity (Wildman–Crippen MR) is 69.5 cm³/mol. The molecule has 0 bridgehead atoms. The van der Waals surface area contributed by atoms with Crippen molar-refractivity contribution in [2.45, 2.75) is 18.9 Å². The quantitative estimate of drug-likeness (QED) is 0.920. The van der Waals surface area contributed by atoms with Crippen molar-refractivity contribution in [1.82, 2.24) is 5.32 Å². The Kier molecular flexibility index (Phi) is 4.38. The normalized spacial score (nSPS) is 25.6. The summed E-state index contributed by atoms with van der Waals surface area (Å²) in [5.41, 5.74) is 1.29. The second kappa shape index (κ2) is 5.80. The molecule has 0 saturated carbocycles. The summed E-state index contributed by atoms with van der Waals surface area (Å²) < 4.78 is 7.04. The molecule has 16 heavy (non-hydrogen) atoms. The van der Waals surface area contributed by atoms with Gasteiger partial charge in [0, 0.05) is 23.5 Å². The third kappa shape index (κ3) is 2.84. The molecule has 0 aromatic heterocycles. The van der Waals surface area contributed by atoms with Crippen LogP contribution in [0, 0.1) is 5.92 Å². The van der Waals surface area contributed by atoms with Gasteiger partial charge in [-0.2, -0.15) is 0 Å². The van der Waals surface area contributed by atoms with Crippen molar-refractivity contribution in [1.29, 1.82) is 0 Å². The number of nitrogens with one attached hydrogen (secondary N) is 1. The summed E-state index contributed by atoms with van der Waals surface area (Å²) in [5.74, 6) is 0.597. The van der Waals surface area contributed by atoms with E-state index in [1.165, 1.54) is 18.4 Å². The van der Waals surface area contributed by atoms with Gasteiger partial charge in [0.15, 0.2) is 0 Å². The lowest BCUT2D eigenvalue weighted by Gasteiger charge is -2.32. The molecule has 1 aliphatic heterocycles. The lowest BCUT2D eigenvalue weighted by Crippen LogP contribution is -2.30. The maximum absolute atomic E-state index is 5.91. The largest absolute Gasteiger partial charge is 0.373 e. The lowest BCUT2D eigenvalue weighted by atomic mass is 9.89. The average Bonchev–Trinajstić information content (AvgIpc) is 2.32. The zero-order valence-corrected chi connectivity index (χ0v) is 11.2. The Labute approximate surface area is 106 Å². The van der Waals surface area contributed by atoms with Crippen molar-refractivity contribution in [2.24, 2.45) is 5.92 Å². The Morgan fingerprint density at radius 3 is 2.81 bits per heavy atom. The molecule has 0 radical (unpaired) electrons. The number of halogens is 1. The predicted octanol–water partition coefficient (Wildman–Crippen LogP) is 3.14. The van der Waals surface area contributed by atoms with E-state index >= 15 is 0 Å². The maximum Gasteiger partial charge on any atom is 0.0865 e. The van der Waals surface area contributed by atoms with Crippen molar-refractivity contribution < 1.29 is 4.74 Å². The molecule has 0 aliphatic carbocycles. The first-order valence-electron chi connectivity index (χ1n) is 5.83. The first-order valence-corrected chi connectivity index (χ1v) is 6.62. The summed E-state index contributed by atoms with van der Waals surface area (Å²) in [7, 11) is 2.01. The molecule has 1 aromatic carbocycles. The second-order valence-corrected chi connectivity index (χ2v) is 5.22. The standard InChI is InChI=1S/C13H18BrNO/c1-15-9-11-3-2-8-16-13(11)10-4-6-12(14)7-5-10/h4-7,11,13,15H,2-3,8-9H2,1H3. The van der Waals surface area contributed by atoms with Crippen LogP contribution in [0.25, 0.3) is 0 Å². The van der Waals surface area contributed by atoms with Crippen LogP contribution in [0.5, 0.6) is 0 Å². The molecule has 1 aliphatic rings. The van der Waals surface area contributed by atoms with E-state index in [-0.39, 0.29) is 6.10 Å². The highest BCUT2D eigenvalue weighted by Crippen LogP contribution is 2.33. The summed E-state index contributed by atoms with van der Waals surface area (Å²) in [4.78, 5) is 0. The molecule has 3 heteroatoms. The van der Waals surface area contributed by atoms with Crippen LogP contribution in [0.2, 0.25) is 0 Å². The molecule has 1 N–H and O–H groups in total. The van der Waals surface area contributed by atoms with Gasteiger partial charge in [-0.15, -0.1) is 0 Å². The van der Waals surface area contributed by atoms with E-state index in [9.17, 15) is 0 Å². The fourth-order valence-electron chi connectivity index (χ4n) is 2.34. The molecular weight excluding hydrogens is 266 g/mol. The van der Waals surface area contributed by atoms with E-state index in [0.717, 1.165) is 17.6 Å². The van der Waals surface area contributed by atoms with Crippen LogP contribution in [0.15, 0.2) is 28.7 Å². The number of rotatable bonds is 3. The smallest absolute Gasteiger partial charge is 0.0865 e. The summed E-state index contributed by atoms with van der Waals surface area (Å²) >= 11 is 3.46. The molecule has 88 valence electrons. The van der Waals surface area contributed by atoms with Crippen molar-refractivity contribution in [3.05, 3.63) is 34.3 Å². The molecule has 1 aromatic rings. The number of benzene rings is 1. The van der Waals surface area contributed by atoms with Gasteiger partial charge in [-0.05, 0) is 37.6 Å². The number of ether oxygens (including phenoxy) is 1. The minimum atomic E-state index is 0.259. The molecule has 1 heterocycles. The molecule has 1 saturated heterocycles. The van der Waals surface area contributed by atoms with Crippen LogP contribution < -0.4 is 5.32 Å². The minimum Gasteiger partial charge on any atom is -0.373 e. The Bertz CT molecular complexity index is 323. The van der Waals surface area contributed by atoms with Gasteiger partial charge in [-0.1, -0.05) is 28.1 Å². The highest BCUT2D eigenvalue weighted by atomic mass is 79.9. The zero-order chi connectivity index (χ0) is 11.4. The first-order chi connectivity index (χ1) is 7.81. The van der Waals surface area contributed by atoms with Crippen LogP contribution in [0.1, 0.15) is 24.5 Å². The topological polar surface area (TPSA) is 21.3 Å². The summed E-state index contributed by atoms with van der Waals surface area (Å²) in [5, 5.41) is 3.26. The van der Waals surface area contributed by atoms with Crippen molar-refractivity contribution in [3.63, 3.8) is 0 Å². The van der Waals surface area contributed by atoms with Crippen molar-refractivity contribution >= 4 is 15.9 Å². The van der Waals surface area contributed by atoms with Crippen LogP contribution in [0.4, 0.5) is 0 Å². The maximum atomic E-state index is 5.91. The van der Waals surface area contributed by atoms with Gasteiger partial charge in [0.05, 0.1) is 6.10 Å². The van der Waals surface area contributed by atoms with Gasteiger partial charge < -0.3 is 10.1 Å². The summed E-state index contributed by atoms with van der Waals surface area (Å²) in [6.45, 7) is 1.92. The monoisotopic (exact) mass is 283 g/mol. The van der Waals surface area contributed by atoms with Crippen molar-refractivity contribution in [2.75, 3.05) is 20.2 Å². The summed E-state index contributed by atoms with van der Waals surface area (Å²) in [6.07, 6.45) is 2.69. The van der Waals surface area contributed by atoms with Gasteiger partial charge in [0.2, 0.25) is 0 Å². The molecule has 2 atom stereocenters. The van der Waals surface area contributed by atoms with Gasteiger partial charge in [0.25, 0.3) is 0 Å². The van der Waals surface area contributed by atoms with Crippen LogP contribution in [-0.4, -0.2) is 20.2 Å². The minimum absolute atomic E-state index is 0.259. The SMILES string of the molecule is CNCC1CCCOC1c1ccc(Br)cc1. The Balaban J connectivity index is 2.13. The average molecular weight is 284 g/mol. The highest BCUT2D eigenvalue weighted by Gasteiger charge is 2.26. The van der Waals surface area contributed by atoms with E-state index in [0.29, 0.717) is 5.92 Å². The number of hydrogen-bond donors (Lipinski definition) is 1. The van der Waals surface area contributed by atoms with E-state index in [2.05, 4.69) is 45.5 Å². The van der Waals surface area contributed by atoms with Crippen LogP contribution in [-0.2, 0) is 4.74 Å². The van der Waals surface area contributed by atoms with Gasteiger partial charge in [-0.25, -0.2) is 0 Å². The second-order valence-electron chi connectivity index (χ2n) is 4.30. The van der Waals surface area contributed by atoms with Crippen molar-refractivity contribution in [3.8, 4) is 0 Å². The Hall–Kier alpha value is -0.380. The third-order valence-electron chi connectivity index (χ3n) is 3.11. The third-order valence-corrected chi connectivity index (χ3v) is 3.64. The molecule has 2 nitrogen and oxygen atoms in total. The first kappa shape index (κ1) is 12.1.